The van der Waals surface area contributed by atoms with Gasteiger partial charge in [0.25, 0.3) is 5.69 Å². The number of ether oxygens (including phenoxy) is 1. The Morgan fingerprint density at radius 3 is 2.35 bits per heavy atom. The molecule has 0 saturated carbocycles. The molecule has 0 N–H and O–H groups in total. The average Bonchev–Trinajstić information content (AvgIpc) is 2.49. The van der Waals surface area contributed by atoms with Crippen molar-refractivity contribution in [1.29, 1.82) is 0 Å². The summed E-state index contributed by atoms with van der Waals surface area (Å²) in [5.74, 6) is 0.756. The van der Waals surface area contributed by atoms with Gasteiger partial charge in [0.15, 0.2) is 0 Å². The molecule has 0 aliphatic carbocycles. The molecule has 20 heavy (non-hydrogen) atoms. The van der Waals surface area contributed by atoms with E-state index >= 15 is 0 Å². The highest BCUT2D eigenvalue weighted by molar-refractivity contribution is 5.84. The molecule has 0 atom stereocenters. The van der Waals surface area contributed by atoms with Gasteiger partial charge in [-0.15, -0.1) is 0 Å². The van der Waals surface area contributed by atoms with Crippen LogP contribution in [0.4, 0.5) is 5.69 Å². The fourth-order valence-electron chi connectivity index (χ4n) is 2.11. The van der Waals surface area contributed by atoms with Crippen LogP contribution >= 0.6 is 0 Å². The molecule has 0 radical (unpaired) electrons. The lowest BCUT2D eigenvalue weighted by Gasteiger charge is -2.09. The zero-order valence-electron chi connectivity index (χ0n) is 11.4. The summed E-state index contributed by atoms with van der Waals surface area (Å²) in [6, 6.07) is 14.2. The summed E-state index contributed by atoms with van der Waals surface area (Å²) in [5.41, 5.74) is 2.48. The first-order chi connectivity index (χ1) is 9.67. The number of nitro benzene ring substituents is 1. The third-order valence-electron chi connectivity index (χ3n) is 3.08. The van der Waals surface area contributed by atoms with E-state index in [2.05, 4.69) is 0 Å². The summed E-state index contributed by atoms with van der Waals surface area (Å²) < 4.78 is 5.12. The molecule has 0 spiro atoms. The lowest BCUT2D eigenvalue weighted by atomic mass is 9.96. The molecular formula is C16H15NO3. The molecule has 0 bridgehead atoms. The van der Waals surface area contributed by atoms with E-state index in [0.717, 1.165) is 16.9 Å². The van der Waals surface area contributed by atoms with Gasteiger partial charge >= 0.3 is 0 Å². The summed E-state index contributed by atoms with van der Waals surface area (Å²) >= 11 is 0. The lowest BCUT2D eigenvalue weighted by molar-refractivity contribution is -0.385. The van der Waals surface area contributed by atoms with Crippen molar-refractivity contribution >= 4 is 11.3 Å². The van der Waals surface area contributed by atoms with Gasteiger partial charge in [-0.25, -0.2) is 0 Å². The van der Waals surface area contributed by atoms with Gasteiger partial charge in [0, 0.05) is 6.07 Å². The van der Waals surface area contributed by atoms with E-state index < -0.39 is 0 Å². The first-order valence-electron chi connectivity index (χ1n) is 6.22. The maximum atomic E-state index is 11.1. The Balaban J connectivity index is 2.50. The minimum absolute atomic E-state index is 0.108. The first kappa shape index (κ1) is 13.8. The Kier molecular flexibility index (Phi) is 4.15. The summed E-state index contributed by atoms with van der Waals surface area (Å²) in [7, 11) is 1.60. The topological polar surface area (TPSA) is 52.4 Å². The smallest absolute Gasteiger partial charge is 0.277 e. The Morgan fingerprint density at radius 1 is 1.15 bits per heavy atom. The summed E-state index contributed by atoms with van der Waals surface area (Å²) in [6.45, 7) is 1.87. The van der Waals surface area contributed by atoms with Crippen LogP contribution in [-0.2, 0) is 0 Å². The van der Waals surface area contributed by atoms with Crippen LogP contribution in [0.25, 0.3) is 5.57 Å². The maximum absolute atomic E-state index is 11.1. The number of nitrogens with zero attached hydrogens (tertiary/aromatic N) is 1. The van der Waals surface area contributed by atoms with Gasteiger partial charge in [0.2, 0.25) is 0 Å². The Bertz CT molecular complexity index is 645. The summed E-state index contributed by atoms with van der Waals surface area (Å²) in [6.07, 6.45) is 1.88. The number of rotatable bonds is 4. The van der Waals surface area contributed by atoms with E-state index in [9.17, 15) is 10.1 Å². The number of benzene rings is 2. The van der Waals surface area contributed by atoms with Gasteiger partial charge in [-0.3, -0.25) is 10.1 Å². The standard InChI is InChI=1S/C16H15NO3/c1-3-14(12-8-10-13(20-2)11-9-12)15-6-4-5-7-16(15)17(18)19/h3-11H,1-2H3/b14-3+. The van der Waals surface area contributed by atoms with Gasteiger partial charge in [-0.05, 0) is 36.3 Å². The Hall–Kier alpha value is -2.62. The minimum atomic E-state index is -0.359. The molecule has 0 aliphatic heterocycles. The number of para-hydroxylation sites is 1. The summed E-state index contributed by atoms with van der Waals surface area (Å²) in [5, 5.41) is 11.1. The lowest BCUT2D eigenvalue weighted by Crippen LogP contribution is -1.96. The van der Waals surface area contributed by atoms with E-state index in [-0.39, 0.29) is 10.6 Å². The second-order valence-corrected chi connectivity index (χ2v) is 4.21. The molecule has 4 nitrogen and oxygen atoms in total. The molecule has 0 unspecified atom stereocenters. The maximum Gasteiger partial charge on any atom is 0.277 e. The van der Waals surface area contributed by atoms with Gasteiger partial charge in [0.05, 0.1) is 17.6 Å². The highest BCUT2D eigenvalue weighted by atomic mass is 16.6. The molecular weight excluding hydrogens is 254 g/mol. The zero-order chi connectivity index (χ0) is 14.5. The predicted molar refractivity (Wildman–Crippen MR) is 78.8 cm³/mol. The molecule has 2 aromatic rings. The van der Waals surface area contributed by atoms with Crippen molar-refractivity contribution in [3.8, 4) is 5.75 Å². The van der Waals surface area contributed by atoms with Crippen molar-refractivity contribution in [2.45, 2.75) is 6.92 Å². The number of allylic oxidation sites excluding steroid dienone is 1. The fourth-order valence-corrected chi connectivity index (χ4v) is 2.11. The second kappa shape index (κ2) is 6.02. The predicted octanol–water partition coefficient (Wildman–Crippen LogP) is 4.06. The monoisotopic (exact) mass is 269 g/mol. The molecule has 0 saturated heterocycles. The van der Waals surface area contributed by atoms with Crippen LogP contribution in [0.5, 0.6) is 5.75 Å². The molecule has 0 aromatic heterocycles. The highest BCUT2D eigenvalue weighted by Crippen LogP contribution is 2.31. The van der Waals surface area contributed by atoms with Gasteiger partial charge in [0.1, 0.15) is 5.75 Å². The van der Waals surface area contributed by atoms with E-state index in [1.165, 1.54) is 6.07 Å². The largest absolute Gasteiger partial charge is 0.497 e. The third-order valence-corrected chi connectivity index (χ3v) is 3.08. The number of hydrogen-bond donors (Lipinski definition) is 0. The number of hydrogen-bond acceptors (Lipinski definition) is 3. The molecule has 0 fully saturated rings. The van der Waals surface area contributed by atoms with Crippen LogP contribution in [0, 0.1) is 10.1 Å². The average molecular weight is 269 g/mol. The van der Waals surface area contributed by atoms with Crippen LogP contribution in [0.15, 0.2) is 54.6 Å². The zero-order valence-corrected chi connectivity index (χ0v) is 11.4. The van der Waals surface area contributed by atoms with Crippen LogP contribution in [-0.4, -0.2) is 12.0 Å². The fraction of sp³-hybridized carbons (Fsp3) is 0.125. The van der Waals surface area contributed by atoms with Crippen molar-refractivity contribution in [2.24, 2.45) is 0 Å². The minimum Gasteiger partial charge on any atom is -0.497 e. The quantitative estimate of drug-likeness (QED) is 0.621. The molecule has 0 heterocycles. The van der Waals surface area contributed by atoms with Crippen molar-refractivity contribution in [2.75, 3.05) is 7.11 Å². The molecule has 0 aliphatic rings. The molecule has 102 valence electrons. The SMILES string of the molecule is C/C=C(\c1ccc(OC)cc1)c1ccccc1[N+](=O)[O-]. The van der Waals surface area contributed by atoms with Crippen LogP contribution in [0.1, 0.15) is 18.1 Å². The van der Waals surface area contributed by atoms with E-state index in [1.54, 1.807) is 25.3 Å². The van der Waals surface area contributed by atoms with E-state index in [4.69, 9.17) is 4.74 Å². The molecule has 4 heteroatoms. The van der Waals surface area contributed by atoms with Crippen molar-refractivity contribution < 1.29 is 9.66 Å². The first-order valence-corrected chi connectivity index (χ1v) is 6.22. The van der Waals surface area contributed by atoms with Gasteiger partial charge in [-0.1, -0.05) is 30.3 Å². The second-order valence-electron chi connectivity index (χ2n) is 4.21. The van der Waals surface area contributed by atoms with Crippen molar-refractivity contribution in [1.82, 2.24) is 0 Å². The van der Waals surface area contributed by atoms with Gasteiger partial charge in [-0.2, -0.15) is 0 Å². The van der Waals surface area contributed by atoms with Gasteiger partial charge < -0.3 is 4.74 Å². The molecule has 2 rings (SSSR count). The highest BCUT2D eigenvalue weighted by Gasteiger charge is 2.16. The van der Waals surface area contributed by atoms with Crippen molar-refractivity contribution in [3.63, 3.8) is 0 Å². The molecule has 0 amide bonds. The number of nitro groups is 1. The van der Waals surface area contributed by atoms with E-state index in [0.29, 0.717) is 5.56 Å². The van der Waals surface area contributed by atoms with Crippen LogP contribution in [0.3, 0.4) is 0 Å². The van der Waals surface area contributed by atoms with Crippen LogP contribution in [0.2, 0.25) is 0 Å². The van der Waals surface area contributed by atoms with Crippen molar-refractivity contribution in [3.05, 3.63) is 75.8 Å². The summed E-state index contributed by atoms with van der Waals surface area (Å²) in [4.78, 5) is 10.8. The van der Waals surface area contributed by atoms with E-state index in [1.807, 2.05) is 37.3 Å². The normalized spacial score (nSPS) is 11.2. The Labute approximate surface area is 117 Å². The number of methoxy groups -OCH3 is 1. The Morgan fingerprint density at radius 2 is 1.80 bits per heavy atom. The third kappa shape index (κ3) is 2.69. The molecule has 2 aromatic carbocycles. The van der Waals surface area contributed by atoms with Crippen LogP contribution < -0.4 is 4.74 Å².